The summed E-state index contributed by atoms with van der Waals surface area (Å²) in [6.45, 7) is 1.88. The van der Waals surface area contributed by atoms with E-state index in [0.29, 0.717) is 0 Å². The van der Waals surface area contributed by atoms with Gasteiger partial charge in [0.05, 0.1) is 0 Å². The molecule has 0 spiro atoms. The minimum Gasteiger partial charge on any atom is -0.323 e. The normalized spacial score (nSPS) is 22.1. The van der Waals surface area contributed by atoms with E-state index < -0.39 is 0 Å². The number of nitrogens with one attached hydrogen (secondary N) is 1. The number of amides is 1. The van der Waals surface area contributed by atoms with Gasteiger partial charge in [-0.3, -0.25) is 4.79 Å². The average Bonchev–Trinajstić information content (AvgIpc) is 2.14. The summed E-state index contributed by atoms with van der Waals surface area (Å²) < 4.78 is 0. The molecule has 1 rings (SSSR count). The average molecular weight is 109 g/mol. The first-order valence-corrected chi connectivity index (χ1v) is 2.48. The molecule has 2 nitrogen and oxygen atoms in total. The number of hydrogen-bond acceptors (Lipinski definition) is 1. The first-order chi connectivity index (χ1) is 3.83. The van der Waals surface area contributed by atoms with E-state index in [9.17, 15) is 4.79 Å². The Labute approximate surface area is 47.9 Å². The topological polar surface area (TPSA) is 29.1 Å². The lowest BCUT2D eigenvalue weighted by Gasteiger charge is -1.89. The third-order valence-corrected chi connectivity index (χ3v) is 0.993. The van der Waals surface area contributed by atoms with E-state index in [1.807, 2.05) is 13.0 Å². The lowest BCUT2D eigenvalue weighted by molar-refractivity contribution is -0.115. The maximum absolute atomic E-state index is 10.4. The summed E-state index contributed by atoms with van der Waals surface area (Å²) in [6.07, 6.45) is 5.11. The van der Waals surface area contributed by atoms with Crippen LogP contribution >= 0.6 is 0 Å². The van der Waals surface area contributed by atoms with Crippen LogP contribution in [0.5, 0.6) is 0 Å². The summed E-state index contributed by atoms with van der Waals surface area (Å²) in [4.78, 5) is 10.4. The molecule has 0 aromatic rings. The second-order valence-corrected chi connectivity index (χ2v) is 1.57. The third-order valence-electron chi connectivity index (χ3n) is 0.993. The molecule has 0 aliphatic carbocycles. The Morgan fingerprint density at radius 3 is 2.62 bits per heavy atom. The summed E-state index contributed by atoms with van der Waals surface area (Å²) in [5.41, 5.74) is 0.884. The summed E-state index contributed by atoms with van der Waals surface area (Å²) in [7, 11) is 0. The zero-order valence-corrected chi connectivity index (χ0v) is 4.64. The van der Waals surface area contributed by atoms with Gasteiger partial charge >= 0.3 is 0 Å². The fourth-order valence-electron chi connectivity index (χ4n) is 0.559. The first kappa shape index (κ1) is 5.09. The van der Waals surface area contributed by atoms with Gasteiger partial charge in [-0.15, -0.1) is 0 Å². The molecule has 0 aromatic heterocycles. The van der Waals surface area contributed by atoms with Crippen LogP contribution in [0.1, 0.15) is 6.92 Å². The fourth-order valence-corrected chi connectivity index (χ4v) is 0.559. The van der Waals surface area contributed by atoms with Crippen molar-refractivity contribution in [2.75, 3.05) is 0 Å². The highest BCUT2D eigenvalue weighted by Gasteiger charge is 2.02. The molecule has 42 valence electrons. The van der Waals surface area contributed by atoms with Gasteiger partial charge in [-0.05, 0) is 13.0 Å². The molecule has 0 saturated heterocycles. The molecule has 0 aromatic carbocycles. The van der Waals surface area contributed by atoms with Crippen LogP contribution in [-0.2, 0) is 4.79 Å². The Balaban J connectivity index is 2.73. The van der Waals surface area contributed by atoms with E-state index in [1.165, 1.54) is 6.08 Å². The van der Waals surface area contributed by atoms with Crippen LogP contribution in [0.2, 0.25) is 0 Å². The molecular weight excluding hydrogens is 102 g/mol. The lowest BCUT2D eigenvalue weighted by Crippen LogP contribution is -2.12. The Hall–Kier alpha value is -1.05. The highest BCUT2D eigenvalue weighted by atomic mass is 16.1. The van der Waals surface area contributed by atoms with Crippen LogP contribution in [0.15, 0.2) is 23.9 Å². The number of carbonyl (C=O) groups excluding carboxylic acids is 1. The van der Waals surface area contributed by atoms with Crippen molar-refractivity contribution in [1.82, 2.24) is 5.32 Å². The second kappa shape index (κ2) is 1.82. The van der Waals surface area contributed by atoms with E-state index in [1.54, 1.807) is 6.08 Å². The van der Waals surface area contributed by atoms with Gasteiger partial charge in [0, 0.05) is 11.8 Å². The SMILES string of the molecule is CC=C1C=CC(=O)N1. The molecule has 0 bridgehead atoms. The molecule has 1 amide bonds. The van der Waals surface area contributed by atoms with Crippen LogP contribution in [0.4, 0.5) is 0 Å². The van der Waals surface area contributed by atoms with Crippen LogP contribution in [0.25, 0.3) is 0 Å². The molecule has 0 radical (unpaired) electrons. The molecule has 0 fully saturated rings. The summed E-state index contributed by atoms with van der Waals surface area (Å²) in [6, 6.07) is 0. The predicted octanol–water partition coefficient (Wildman–Crippen LogP) is 0.576. The molecule has 1 N–H and O–H groups in total. The van der Waals surface area contributed by atoms with Gasteiger partial charge in [0.1, 0.15) is 0 Å². The van der Waals surface area contributed by atoms with Gasteiger partial charge in [0.2, 0.25) is 5.91 Å². The van der Waals surface area contributed by atoms with Crippen molar-refractivity contribution in [3.63, 3.8) is 0 Å². The highest BCUT2D eigenvalue weighted by Crippen LogP contribution is 1.97. The Morgan fingerprint density at radius 2 is 2.38 bits per heavy atom. The standard InChI is InChI=1S/C6H7NO/c1-2-5-3-4-6(8)7-5/h2-4H,1H3,(H,7,8). The van der Waals surface area contributed by atoms with Crippen molar-refractivity contribution < 1.29 is 4.79 Å². The van der Waals surface area contributed by atoms with Gasteiger partial charge in [-0.25, -0.2) is 0 Å². The Bertz CT molecular complexity index is 167. The van der Waals surface area contributed by atoms with E-state index in [4.69, 9.17) is 0 Å². The maximum atomic E-state index is 10.4. The Morgan fingerprint density at radius 1 is 1.62 bits per heavy atom. The predicted molar refractivity (Wildman–Crippen MR) is 31.0 cm³/mol. The molecule has 1 aliphatic rings. The molecule has 0 unspecified atom stereocenters. The van der Waals surface area contributed by atoms with Gasteiger partial charge in [-0.1, -0.05) is 6.08 Å². The first-order valence-electron chi connectivity index (χ1n) is 2.48. The van der Waals surface area contributed by atoms with E-state index >= 15 is 0 Å². The van der Waals surface area contributed by atoms with E-state index in [0.717, 1.165) is 5.70 Å². The van der Waals surface area contributed by atoms with Crippen molar-refractivity contribution in [1.29, 1.82) is 0 Å². The largest absolute Gasteiger partial charge is 0.323 e. The van der Waals surface area contributed by atoms with Crippen LogP contribution < -0.4 is 5.32 Å². The summed E-state index contributed by atoms with van der Waals surface area (Å²) >= 11 is 0. The van der Waals surface area contributed by atoms with Crippen LogP contribution in [0.3, 0.4) is 0 Å². The van der Waals surface area contributed by atoms with Crippen LogP contribution in [0, 0.1) is 0 Å². The minimum absolute atomic E-state index is 0.0295. The Kier molecular flexibility index (Phi) is 1.16. The third kappa shape index (κ3) is 0.780. The summed E-state index contributed by atoms with van der Waals surface area (Å²) in [5.74, 6) is -0.0295. The minimum atomic E-state index is -0.0295. The molecule has 2 heteroatoms. The monoisotopic (exact) mass is 109 g/mol. The highest BCUT2D eigenvalue weighted by molar-refractivity contribution is 5.92. The molecule has 0 saturated carbocycles. The second-order valence-electron chi connectivity index (χ2n) is 1.57. The number of hydrogen-bond donors (Lipinski definition) is 1. The fraction of sp³-hybridized carbons (Fsp3) is 0.167. The van der Waals surface area contributed by atoms with Gasteiger partial charge in [0.25, 0.3) is 0 Å². The van der Waals surface area contributed by atoms with Crippen molar-refractivity contribution >= 4 is 5.91 Å². The summed E-state index contributed by atoms with van der Waals surface area (Å²) in [5, 5.41) is 2.61. The van der Waals surface area contributed by atoms with E-state index in [2.05, 4.69) is 5.32 Å². The quantitative estimate of drug-likeness (QED) is 0.484. The molecule has 0 atom stereocenters. The van der Waals surface area contributed by atoms with Gasteiger partial charge in [0.15, 0.2) is 0 Å². The lowest BCUT2D eigenvalue weighted by atomic mass is 10.4. The van der Waals surface area contributed by atoms with Crippen LogP contribution in [-0.4, -0.2) is 5.91 Å². The van der Waals surface area contributed by atoms with E-state index in [-0.39, 0.29) is 5.91 Å². The van der Waals surface area contributed by atoms with Gasteiger partial charge < -0.3 is 5.32 Å². The van der Waals surface area contributed by atoms with Crippen molar-refractivity contribution in [2.45, 2.75) is 6.92 Å². The van der Waals surface area contributed by atoms with Crippen molar-refractivity contribution in [3.8, 4) is 0 Å². The maximum Gasteiger partial charge on any atom is 0.248 e. The van der Waals surface area contributed by atoms with Crippen molar-refractivity contribution in [2.24, 2.45) is 0 Å². The molecule has 1 aliphatic heterocycles. The van der Waals surface area contributed by atoms with Gasteiger partial charge in [-0.2, -0.15) is 0 Å². The molecule has 8 heavy (non-hydrogen) atoms. The van der Waals surface area contributed by atoms with Crippen molar-refractivity contribution in [3.05, 3.63) is 23.9 Å². The zero-order valence-electron chi connectivity index (χ0n) is 4.64. The molecular formula is C6H7NO. The zero-order chi connectivity index (χ0) is 5.98. The number of allylic oxidation sites excluding steroid dienone is 2. The molecule has 1 heterocycles. The smallest absolute Gasteiger partial charge is 0.248 e. The number of carbonyl (C=O) groups is 1. The number of rotatable bonds is 0.